The van der Waals surface area contributed by atoms with Crippen LogP contribution in [0.4, 0.5) is 0 Å². The van der Waals surface area contributed by atoms with Crippen LogP contribution in [0.25, 0.3) is 0 Å². The van der Waals surface area contributed by atoms with E-state index in [2.05, 4.69) is 4.90 Å². The van der Waals surface area contributed by atoms with Gasteiger partial charge in [0.2, 0.25) is 0 Å². The molecule has 1 unspecified atom stereocenters. The van der Waals surface area contributed by atoms with E-state index < -0.39 is 12.0 Å². The molecule has 4 heteroatoms. The molecule has 1 aliphatic heterocycles. The molecule has 19 heavy (non-hydrogen) atoms. The maximum atomic E-state index is 11.5. The van der Waals surface area contributed by atoms with E-state index in [0.29, 0.717) is 13.0 Å². The molecule has 0 amide bonds. The van der Waals surface area contributed by atoms with E-state index in [-0.39, 0.29) is 0 Å². The van der Waals surface area contributed by atoms with E-state index in [1.165, 1.54) is 0 Å². The summed E-state index contributed by atoms with van der Waals surface area (Å²) in [6.45, 7) is 4.30. The average Bonchev–Trinajstić information content (AvgIpc) is 2.91. The molecule has 104 valence electrons. The lowest BCUT2D eigenvalue weighted by molar-refractivity contribution is -0.142. The first-order chi connectivity index (χ1) is 9.22. The third-order valence-corrected chi connectivity index (χ3v) is 3.55. The normalized spacial score (nSPS) is 17.3. The molecule has 0 aromatic heterocycles. The standard InChI is InChI=1S/C15H21NO3/c1-2-19-14-8-4-3-7-12(14)11-13(15(17)18)16-9-5-6-10-16/h3-4,7-8,13H,2,5-6,9-11H2,1H3,(H,17,18). The minimum Gasteiger partial charge on any atom is -0.494 e. The minimum absolute atomic E-state index is 0.441. The molecule has 1 saturated heterocycles. The van der Waals surface area contributed by atoms with Gasteiger partial charge in [0.1, 0.15) is 11.8 Å². The number of hydrogen-bond acceptors (Lipinski definition) is 3. The Hall–Kier alpha value is -1.55. The molecule has 0 radical (unpaired) electrons. The summed E-state index contributed by atoms with van der Waals surface area (Å²) in [6, 6.07) is 7.27. The van der Waals surface area contributed by atoms with Crippen molar-refractivity contribution in [2.45, 2.75) is 32.2 Å². The largest absolute Gasteiger partial charge is 0.494 e. The number of likely N-dealkylation sites (tertiary alicyclic amines) is 1. The zero-order valence-corrected chi connectivity index (χ0v) is 11.3. The highest BCUT2D eigenvalue weighted by atomic mass is 16.5. The molecule has 1 aromatic rings. The lowest BCUT2D eigenvalue weighted by atomic mass is 10.0. The number of aliphatic carboxylic acids is 1. The number of rotatable bonds is 6. The maximum Gasteiger partial charge on any atom is 0.321 e. The Labute approximate surface area is 114 Å². The smallest absolute Gasteiger partial charge is 0.321 e. The molecule has 1 N–H and O–H groups in total. The number of carboxylic acid groups (broad SMARTS) is 1. The van der Waals surface area contributed by atoms with Crippen molar-refractivity contribution in [3.05, 3.63) is 29.8 Å². The van der Waals surface area contributed by atoms with Crippen LogP contribution in [-0.4, -0.2) is 41.7 Å². The van der Waals surface area contributed by atoms with Gasteiger partial charge in [-0.25, -0.2) is 0 Å². The Morgan fingerprint density at radius 2 is 2.05 bits per heavy atom. The van der Waals surface area contributed by atoms with Gasteiger partial charge >= 0.3 is 5.97 Å². The van der Waals surface area contributed by atoms with Gasteiger partial charge in [0.15, 0.2) is 0 Å². The number of ether oxygens (including phenoxy) is 1. The molecule has 1 heterocycles. The zero-order valence-electron chi connectivity index (χ0n) is 11.3. The predicted molar refractivity (Wildman–Crippen MR) is 73.5 cm³/mol. The molecule has 4 nitrogen and oxygen atoms in total. The first kappa shape index (κ1) is 13.9. The van der Waals surface area contributed by atoms with E-state index in [0.717, 1.165) is 37.2 Å². The summed E-state index contributed by atoms with van der Waals surface area (Å²) in [5.41, 5.74) is 0.976. The van der Waals surface area contributed by atoms with Crippen LogP contribution in [0.15, 0.2) is 24.3 Å². The molecule has 0 bridgehead atoms. The van der Waals surface area contributed by atoms with Crippen LogP contribution in [0.3, 0.4) is 0 Å². The quantitative estimate of drug-likeness (QED) is 0.854. The molecule has 0 saturated carbocycles. The fraction of sp³-hybridized carbons (Fsp3) is 0.533. The Morgan fingerprint density at radius 3 is 2.68 bits per heavy atom. The van der Waals surface area contributed by atoms with Crippen molar-refractivity contribution in [2.24, 2.45) is 0 Å². The van der Waals surface area contributed by atoms with Gasteiger partial charge in [-0.2, -0.15) is 0 Å². The number of para-hydroxylation sites is 1. The van der Waals surface area contributed by atoms with Crippen LogP contribution in [0.5, 0.6) is 5.75 Å². The van der Waals surface area contributed by atoms with Crippen LogP contribution >= 0.6 is 0 Å². The Balaban J connectivity index is 2.14. The van der Waals surface area contributed by atoms with E-state index in [4.69, 9.17) is 4.74 Å². The van der Waals surface area contributed by atoms with E-state index in [1.54, 1.807) is 0 Å². The number of nitrogens with zero attached hydrogens (tertiary/aromatic N) is 1. The molecule has 1 aromatic carbocycles. The van der Waals surface area contributed by atoms with Crippen molar-refractivity contribution < 1.29 is 14.6 Å². The van der Waals surface area contributed by atoms with Crippen molar-refractivity contribution in [1.82, 2.24) is 4.90 Å². The van der Waals surface area contributed by atoms with Crippen molar-refractivity contribution in [2.75, 3.05) is 19.7 Å². The van der Waals surface area contributed by atoms with Crippen LogP contribution in [0.1, 0.15) is 25.3 Å². The lowest BCUT2D eigenvalue weighted by Gasteiger charge is -2.24. The highest BCUT2D eigenvalue weighted by Gasteiger charge is 2.28. The SMILES string of the molecule is CCOc1ccccc1CC(C(=O)O)N1CCCC1. The van der Waals surface area contributed by atoms with Crippen molar-refractivity contribution in [3.8, 4) is 5.75 Å². The molecular weight excluding hydrogens is 242 g/mol. The average molecular weight is 263 g/mol. The maximum absolute atomic E-state index is 11.5. The number of carbonyl (C=O) groups is 1. The second-order valence-corrected chi connectivity index (χ2v) is 4.84. The van der Waals surface area contributed by atoms with Gasteiger partial charge in [0.25, 0.3) is 0 Å². The van der Waals surface area contributed by atoms with E-state index in [1.807, 2.05) is 31.2 Å². The Bertz CT molecular complexity index is 427. The second kappa shape index (κ2) is 6.57. The second-order valence-electron chi connectivity index (χ2n) is 4.84. The number of benzene rings is 1. The first-order valence-corrected chi connectivity index (χ1v) is 6.90. The van der Waals surface area contributed by atoms with Crippen LogP contribution < -0.4 is 4.74 Å². The van der Waals surface area contributed by atoms with Crippen LogP contribution in [0, 0.1) is 0 Å². The highest BCUT2D eigenvalue weighted by Crippen LogP contribution is 2.23. The third kappa shape index (κ3) is 3.47. The lowest BCUT2D eigenvalue weighted by Crippen LogP contribution is -2.40. The predicted octanol–water partition coefficient (Wildman–Crippen LogP) is 2.18. The van der Waals surface area contributed by atoms with Gasteiger partial charge in [0.05, 0.1) is 6.61 Å². The third-order valence-electron chi connectivity index (χ3n) is 3.55. The van der Waals surface area contributed by atoms with Gasteiger partial charge in [-0.3, -0.25) is 9.69 Å². The Kier molecular flexibility index (Phi) is 4.80. The van der Waals surface area contributed by atoms with Gasteiger partial charge in [-0.15, -0.1) is 0 Å². The molecule has 1 atom stereocenters. The summed E-state index contributed by atoms with van der Waals surface area (Å²) < 4.78 is 5.57. The summed E-state index contributed by atoms with van der Waals surface area (Å²) in [4.78, 5) is 13.5. The molecule has 1 fully saturated rings. The van der Waals surface area contributed by atoms with E-state index >= 15 is 0 Å². The van der Waals surface area contributed by atoms with E-state index in [9.17, 15) is 9.90 Å². The van der Waals surface area contributed by atoms with Gasteiger partial charge in [-0.1, -0.05) is 18.2 Å². The van der Waals surface area contributed by atoms with Crippen LogP contribution in [-0.2, 0) is 11.2 Å². The number of carboxylic acids is 1. The van der Waals surface area contributed by atoms with Gasteiger partial charge in [0, 0.05) is 6.42 Å². The summed E-state index contributed by atoms with van der Waals surface area (Å²) in [7, 11) is 0. The monoisotopic (exact) mass is 263 g/mol. The summed E-state index contributed by atoms with van der Waals surface area (Å²) in [5, 5.41) is 9.43. The summed E-state index contributed by atoms with van der Waals surface area (Å²) >= 11 is 0. The van der Waals surface area contributed by atoms with Gasteiger partial charge in [-0.05, 0) is 44.5 Å². The minimum atomic E-state index is -0.742. The van der Waals surface area contributed by atoms with Gasteiger partial charge < -0.3 is 9.84 Å². The zero-order chi connectivity index (χ0) is 13.7. The first-order valence-electron chi connectivity index (χ1n) is 6.90. The molecule has 1 aliphatic rings. The van der Waals surface area contributed by atoms with Crippen molar-refractivity contribution in [3.63, 3.8) is 0 Å². The highest BCUT2D eigenvalue weighted by molar-refractivity contribution is 5.74. The van der Waals surface area contributed by atoms with Crippen molar-refractivity contribution >= 4 is 5.97 Å². The van der Waals surface area contributed by atoms with Crippen molar-refractivity contribution in [1.29, 1.82) is 0 Å². The fourth-order valence-corrected chi connectivity index (χ4v) is 2.60. The molecule has 2 rings (SSSR count). The number of hydrogen-bond donors (Lipinski definition) is 1. The summed E-state index contributed by atoms with van der Waals surface area (Å²) in [6.07, 6.45) is 2.69. The topological polar surface area (TPSA) is 49.8 Å². The molecule has 0 aliphatic carbocycles. The Morgan fingerprint density at radius 1 is 1.37 bits per heavy atom. The molecule has 0 spiro atoms. The molecular formula is C15H21NO3. The van der Waals surface area contributed by atoms with Crippen LogP contribution in [0.2, 0.25) is 0 Å². The summed E-state index contributed by atoms with van der Waals surface area (Å²) in [5.74, 6) is 0.0589. The fourth-order valence-electron chi connectivity index (χ4n) is 2.60.